The van der Waals surface area contributed by atoms with Crippen molar-refractivity contribution < 1.29 is 0 Å². The van der Waals surface area contributed by atoms with Gasteiger partial charge in [0, 0.05) is 49.3 Å². The van der Waals surface area contributed by atoms with Crippen LogP contribution in [0.4, 0.5) is 0 Å². The molecule has 4 nitrogen and oxygen atoms in total. The monoisotopic (exact) mass is 738 g/mol. The second kappa shape index (κ2) is 12.9. The third-order valence-corrected chi connectivity index (χ3v) is 11.7. The molecule has 0 unspecified atom stereocenters. The molecule has 9 aromatic carbocycles. The number of aromatic nitrogens is 4. The van der Waals surface area contributed by atoms with Crippen molar-refractivity contribution >= 4 is 65.2 Å². The fraction of sp³-hybridized carbons (Fsp3) is 0. The van der Waals surface area contributed by atoms with Crippen molar-refractivity contribution in [1.29, 1.82) is 0 Å². The summed E-state index contributed by atoms with van der Waals surface area (Å²) in [5, 5.41) is 9.50. The van der Waals surface area contributed by atoms with Gasteiger partial charge in [-0.2, -0.15) is 0 Å². The smallest absolute Gasteiger partial charge is 0.160 e. The molecule has 0 radical (unpaired) electrons. The van der Waals surface area contributed by atoms with E-state index in [1.54, 1.807) is 0 Å². The van der Waals surface area contributed by atoms with Crippen LogP contribution in [0, 0.1) is 0 Å². The summed E-state index contributed by atoms with van der Waals surface area (Å²) in [5.74, 6) is 0.690. The first-order valence-electron chi connectivity index (χ1n) is 19.8. The Morgan fingerprint density at radius 3 is 1.71 bits per heavy atom. The van der Waals surface area contributed by atoms with Crippen molar-refractivity contribution in [3.63, 3.8) is 0 Å². The van der Waals surface area contributed by atoms with E-state index in [2.05, 4.69) is 209 Å². The van der Waals surface area contributed by atoms with Gasteiger partial charge in [-0.25, -0.2) is 9.97 Å². The molecule has 12 aromatic rings. The van der Waals surface area contributed by atoms with E-state index < -0.39 is 0 Å². The van der Waals surface area contributed by atoms with Gasteiger partial charge in [-0.15, -0.1) is 0 Å². The van der Waals surface area contributed by atoms with Gasteiger partial charge < -0.3 is 9.13 Å². The molecular weight excluding hydrogens is 705 g/mol. The number of para-hydroxylation sites is 3. The van der Waals surface area contributed by atoms with E-state index in [9.17, 15) is 0 Å². The molecule has 0 aliphatic rings. The second-order valence-electron chi connectivity index (χ2n) is 14.9. The van der Waals surface area contributed by atoms with Crippen molar-refractivity contribution in [2.24, 2.45) is 0 Å². The van der Waals surface area contributed by atoms with Gasteiger partial charge in [0.05, 0.1) is 39.1 Å². The minimum absolute atomic E-state index is 0.690. The Labute approximate surface area is 334 Å². The van der Waals surface area contributed by atoms with Gasteiger partial charge in [-0.3, -0.25) is 0 Å². The van der Waals surface area contributed by atoms with Crippen LogP contribution in [0.15, 0.2) is 206 Å². The summed E-state index contributed by atoms with van der Waals surface area (Å²) in [6, 6.07) is 73.8. The first kappa shape index (κ1) is 32.4. The molecule has 0 amide bonds. The Bertz CT molecular complexity index is 3560. The van der Waals surface area contributed by atoms with Gasteiger partial charge in [0.1, 0.15) is 0 Å². The maximum atomic E-state index is 5.44. The second-order valence-corrected chi connectivity index (χ2v) is 14.9. The van der Waals surface area contributed by atoms with E-state index in [1.165, 1.54) is 38.0 Å². The molecule has 3 aromatic heterocycles. The number of benzene rings is 9. The van der Waals surface area contributed by atoms with Crippen LogP contribution >= 0.6 is 0 Å². The van der Waals surface area contributed by atoms with Crippen LogP contribution in [-0.2, 0) is 0 Å². The number of nitrogens with zero attached hydrogens (tertiary/aromatic N) is 4. The standard InChI is InChI=1S/C54H34N4/c1-3-18-37(19-4-1)54-55-46(41-27-15-20-35-16-7-9-23-39(35)41)34-47(56-54)44-31-30-36-17-8-10-24-40(36)52(44)58-48-28-13-11-25-42(48)43-32-33-50-51(53(43)58)45-26-12-14-29-49(45)57(50)38-21-5-2-6-22-38/h1-34H. The van der Waals surface area contributed by atoms with Crippen molar-refractivity contribution in [3.8, 4) is 45.3 Å². The Hall–Kier alpha value is -7.82. The summed E-state index contributed by atoms with van der Waals surface area (Å²) < 4.78 is 4.93. The van der Waals surface area contributed by atoms with E-state index >= 15 is 0 Å². The van der Waals surface area contributed by atoms with Crippen LogP contribution in [-0.4, -0.2) is 19.1 Å². The molecular formula is C54H34N4. The molecule has 58 heavy (non-hydrogen) atoms. The highest BCUT2D eigenvalue weighted by molar-refractivity contribution is 6.27. The molecule has 0 N–H and O–H groups in total. The van der Waals surface area contributed by atoms with Gasteiger partial charge in [-0.05, 0) is 52.6 Å². The predicted octanol–water partition coefficient (Wildman–Crippen LogP) is 14.0. The SMILES string of the molecule is c1ccc(-c2nc(-c3ccc4ccccc4c3-n3c4ccccc4c4ccc5c(c6ccccc6n5-c5ccccc5)c43)cc(-c3cccc4ccccc34)n2)cc1. The van der Waals surface area contributed by atoms with Crippen molar-refractivity contribution in [2.75, 3.05) is 0 Å². The summed E-state index contributed by atoms with van der Waals surface area (Å²) in [7, 11) is 0. The average molecular weight is 739 g/mol. The van der Waals surface area contributed by atoms with Crippen LogP contribution in [0.25, 0.3) is 110 Å². The van der Waals surface area contributed by atoms with E-state index in [4.69, 9.17) is 9.97 Å². The molecule has 3 heterocycles. The van der Waals surface area contributed by atoms with E-state index in [0.717, 1.165) is 66.6 Å². The Kier molecular flexibility index (Phi) is 7.20. The third kappa shape index (κ3) is 4.88. The zero-order valence-corrected chi connectivity index (χ0v) is 31.4. The normalized spacial score (nSPS) is 11.8. The molecule has 0 atom stereocenters. The van der Waals surface area contributed by atoms with E-state index in [0.29, 0.717) is 5.82 Å². The molecule has 270 valence electrons. The summed E-state index contributed by atoms with van der Waals surface area (Å²) in [4.78, 5) is 10.7. The van der Waals surface area contributed by atoms with Crippen LogP contribution < -0.4 is 0 Å². The summed E-state index contributed by atoms with van der Waals surface area (Å²) in [6.45, 7) is 0. The van der Waals surface area contributed by atoms with Gasteiger partial charge >= 0.3 is 0 Å². The van der Waals surface area contributed by atoms with Gasteiger partial charge in [0.15, 0.2) is 5.82 Å². The number of hydrogen-bond acceptors (Lipinski definition) is 2. The maximum Gasteiger partial charge on any atom is 0.160 e. The number of rotatable bonds is 5. The Morgan fingerprint density at radius 2 is 0.931 bits per heavy atom. The number of fused-ring (bicyclic) bond motifs is 9. The molecule has 0 saturated carbocycles. The predicted molar refractivity (Wildman–Crippen MR) is 242 cm³/mol. The lowest BCUT2D eigenvalue weighted by Gasteiger charge is -2.18. The lowest BCUT2D eigenvalue weighted by molar-refractivity contribution is 1.16. The first-order chi connectivity index (χ1) is 28.8. The van der Waals surface area contributed by atoms with E-state index in [1.807, 2.05) is 6.07 Å². The van der Waals surface area contributed by atoms with E-state index in [-0.39, 0.29) is 0 Å². The summed E-state index contributed by atoms with van der Waals surface area (Å²) in [5.41, 5.74) is 11.7. The lowest BCUT2D eigenvalue weighted by Crippen LogP contribution is -2.02. The van der Waals surface area contributed by atoms with Crippen molar-refractivity contribution in [1.82, 2.24) is 19.1 Å². The highest BCUT2D eigenvalue weighted by atomic mass is 15.0. The third-order valence-electron chi connectivity index (χ3n) is 11.7. The topological polar surface area (TPSA) is 35.6 Å². The molecule has 0 fully saturated rings. The lowest BCUT2D eigenvalue weighted by atomic mass is 9.98. The Morgan fingerprint density at radius 1 is 0.345 bits per heavy atom. The molecule has 4 heteroatoms. The highest BCUT2D eigenvalue weighted by Crippen LogP contribution is 2.45. The first-order valence-corrected chi connectivity index (χ1v) is 19.8. The molecule has 0 aliphatic carbocycles. The zero-order chi connectivity index (χ0) is 38.2. The maximum absolute atomic E-state index is 5.44. The largest absolute Gasteiger partial charge is 0.309 e. The fourth-order valence-corrected chi connectivity index (χ4v) is 9.19. The van der Waals surface area contributed by atoms with Gasteiger partial charge in [-0.1, -0.05) is 170 Å². The average Bonchev–Trinajstić information content (AvgIpc) is 3.81. The zero-order valence-electron chi connectivity index (χ0n) is 31.4. The molecule has 0 saturated heterocycles. The highest BCUT2D eigenvalue weighted by Gasteiger charge is 2.24. The molecule has 0 spiro atoms. The fourth-order valence-electron chi connectivity index (χ4n) is 9.19. The van der Waals surface area contributed by atoms with Crippen LogP contribution in [0.2, 0.25) is 0 Å². The quantitative estimate of drug-likeness (QED) is 0.176. The summed E-state index contributed by atoms with van der Waals surface area (Å²) in [6.07, 6.45) is 0. The van der Waals surface area contributed by atoms with Crippen molar-refractivity contribution in [3.05, 3.63) is 206 Å². The van der Waals surface area contributed by atoms with Gasteiger partial charge in [0.2, 0.25) is 0 Å². The molecule has 0 aliphatic heterocycles. The minimum atomic E-state index is 0.690. The van der Waals surface area contributed by atoms with Crippen LogP contribution in [0.1, 0.15) is 0 Å². The summed E-state index contributed by atoms with van der Waals surface area (Å²) >= 11 is 0. The number of hydrogen-bond donors (Lipinski definition) is 0. The van der Waals surface area contributed by atoms with Crippen molar-refractivity contribution in [2.45, 2.75) is 0 Å². The Balaban J connectivity index is 1.24. The molecule has 12 rings (SSSR count). The minimum Gasteiger partial charge on any atom is -0.309 e. The van der Waals surface area contributed by atoms with Crippen LogP contribution in [0.5, 0.6) is 0 Å². The molecule has 0 bridgehead atoms. The van der Waals surface area contributed by atoms with Gasteiger partial charge in [0.25, 0.3) is 0 Å². The van der Waals surface area contributed by atoms with Crippen LogP contribution in [0.3, 0.4) is 0 Å².